The lowest BCUT2D eigenvalue weighted by molar-refractivity contribution is 0.0519. The maximum Gasteiger partial charge on any atom is 0.358 e. The van der Waals surface area contributed by atoms with E-state index in [4.69, 9.17) is 0 Å². The van der Waals surface area contributed by atoms with Crippen LogP contribution in [0.25, 0.3) is 0 Å². The van der Waals surface area contributed by atoms with E-state index in [1.807, 2.05) is 0 Å². The van der Waals surface area contributed by atoms with Crippen molar-refractivity contribution in [1.82, 2.24) is 24.5 Å². The van der Waals surface area contributed by atoms with Gasteiger partial charge >= 0.3 is 12.0 Å². The quantitative estimate of drug-likeness (QED) is 0.702. The van der Waals surface area contributed by atoms with Gasteiger partial charge in [-0.3, -0.25) is 9.80 Å². The van der Waals surface area contributed by atoms with Crippen LogP contribution in [0.5, 0.6) is 0 Å². The highest BCUT2D eigenvalue weighted by atomic mass is 19.3. The predicted octanol–water partition coefficient (Wildman–Crippen LogP) is 1.92. The maximum atomic E-state index is 12.9. The van der Waals surface area contributed by atoms with Crippen LogP contribution in [0.2, 0.25) is 0 Å². The van der Waals surface area contributed by atoms with Gasteiger partial charge in [0.1, 0.15) is 5.69 Å². The Morgan fingerprint density at radius 2 is 1.57 bits per heavy atom. The third kappa shape index (κ3) is 5.48. The lowest BCUT2D eigenvalue weighted by Crippen LogP contribution is -2.55. The van der Waals surface area contributed by atoms with E-state index < -0.39 is 24.1 Å². The Morgan fingerprint density at radius 1 is 1.07 bits per heavy atom. The molecule has 0 atom stereocenters. The fourth-order valence-electron chi connectivity index (χ4n) is 3.16. The molecule has 3 fully saturated rings. The number of fused-ring (bicyclic) bond motifs is 3. The smallest absolute Gasteiger partial charge is 0.358 e. The van der Waals surface area contributed by atoms with Gasteiger partial charge in [-0.15, -0.1) is 0 Å². The number of rotatable bonds is 5. The Kier molecular flexibility index (Phi) is 8.31. The van der Waals surface area contributed by atoms with E-state index in [1.54, 1.807) is 20.8 Å². The molecule has 1 aromatic rings. The van der Waals surface area contributed by atoms with E-state index in [9.17, 15) is 18.4 Å². The minimum atomic E-state index is -2.91. The Morgan fingerprint density at radius 3 is 1.93 bits per heavy atom. The van der Waals surface area contributed by atoms with Crippen LogP contribution in [0.3, 0.4) is 0 Å². The molecule has 2 bridgehead atoms. The maximum absolute atomic E-state index is 12.9. The third-order valence-corrected chi connectivity index (χ3v) is 4.86. The second-order valence-electron chi connectivity index (χ2n) is 6.53. The summed E-state index contributed by atoms with van der Waals surface area (Å²) in [6, 6.07) is 0.185. The number of halogens is 2. The van der Waals surface area contributed by atoms with Crippen molar-refractivity contribution >= 4 is 12.0 Å². The molecule has 3 aliphatic rings. The van der Waals surface area contributed by atoms with Gasteiger partial charge in [0, 0.05) is 58.4 Å². The van der Waals surface area contributed by atoms with Crippen LogP contribution in [-0.4, -0.2) is 95.4 Å². The van der Waals surface area contributed by atoms with E-state index in [1.165, 1.54) is 44.2 Å². The van der Waals surface area contributed by atoms with Crippen molar-refractivity contribution in [3.8, 4) is 0 Å². The molecule has 10 heteroatoms. The molecular formula is C18H29F2N5O3. The highest BCUT2D eigenvalue weighted by molar-refractivity contribution is 5.88. The number of amides is 1. The van der Waals surface area contributed by atoms with Gasteiger partial charge in [-0.1, -0.05) is 0 Å². The molecule has 0 aliphatic carbocycles. The highest BCUT2D eigenvalue weighted by Crippen LogP contribution is 2.21. The minimum absolute atomic E-state index is 0.0969. The van der Waals surface area contributed by atoms with Gasteiger partial charge in [-0.2, -0.15) is 9.78 Å². The number of esters is 1. The minimum Gasteiger partial charge on any atom is -0.461 e. The van der Waals surface area contributed by atoms with E-state index >= 15 is 0 Å². The summed E-state index contributed by atoms with van der Waals surface area (Å²) in [5.74, 6) is -0.833. The number of ether oxygens (including phenoxy) is 1. The number of aromatic nitrogens is 2. The van der Waals surface area contributed by atoms with Gasteiger partial charge in [0.15, 0.2) is 5.69 Å². The Balaban J connectivity index is 0.000000285. The summed E-state index contributed by atoms with van der Waals surface area (Å²) >= 11 is 0. The molecule has 158 valence electrons. The van der Waals surface area contributed by atoms with E-state index in [2.05, 4.69) is 19.6 Å². The Bertz CT molecular complexity index is 633. The first-order valence-electron chi connectivity index (χ1n) is 9.70. The van der Waals surface area contributed by atoms with Gasteiger partial charge < -0.3 is 9.64 Å². The predicted molar refractivity (Wildman–Crippen MR) is 99.7 cm³/mol. The SMILES string of the molecule is C1CN2CCN1CC2.CCOC(=O)c1cc(C(F)F)n(C(=O)N(CC)CC)n1. The summed E-state index contributed by atoms with van der Waals surface area (Å²) in [5, 5.41) is 3.64. The van der Waals surface area contributed by atoms with Crippen molar-refractivity contribution < 1.29 is 23.1 Å². The first kappa shape index (κ1) is 22.2. The van der Waals surface area contributed by atoms with Crippen molar-refractivity contribution in [3.05, 3.63) is 17.5 Å². The molecule has 8 nitrogen and oxygen atoms in total. The van der Waals surface area contributed by atoms with Gasteiger partial charge in [0.25, 0.3) is 6.43 Å². The molecular weight excluding hydrogens is 372 g/mol. The van der Waals surface area contributed by atoms with E-state index in [0.29, 0.717) is 17.8 Å². The number of nitrogens with zero attached hydrogens (tertiary/aromatic N) is 5. The highest BCUT2D eigenvalue weighted by Gasteiger charge is 2.26. The number of alkyl halides is 2. The molecule has 4 heterocycles. The number of carbonyl (C=O) groups excluding carboxylic acids is 2. The summed E-state index contributed by atoms with van der Waals surface area (Å²) in [6.07, 6.45) is -2.91. The normalized spacial score (nSPS) is 20.5. The number of carbonyl (C=O) groups is 2. The fraction of sp³-hybridized carbons (Fsp3) is 0.722. The molecule has 3 saturated heterocycles. The molecule has 3 aliphatic heterocycles. The van der Waals surface area contributed by atoms with Crippen LogP contribution < -0.4 is 0 Å². The van der Waals surface area contributed by atoms with Gasteiger partial charge in [-0.25, -0.2) is 18.4 Å². The molecule has 0 saturated carbocycles. The Hall–Kier alpha value is -2.07. The Labute approximate surface area is 164 Å². The number of hydrogen-bond acceptors (Lipinski definition) is 6. The lowest BCUT2D eigenvalue weighted by atomic mass is 10.2. The molecule has 0 unspecified atom stereocenters. The van der Waals surface area contributed by atoms with Gasteiger partial charge in [0.05, 0.1) is 6.61 Å². The largest absolute Gasteiger partial charge is 0.461 e. The van der Waals surface area contributed by atoms with Gasteiger partial charge in [-0.05, 0) is 20.8 Å². The zero-order chi connectivity index (χ0) is 20.7. The standard InChI is InChI=1S/C12H17F2N3O3.C6H12N2/c1-4-16(5-2)12(19)17-9(10(13)14)7-8(15-17)11(18)20-6-3;1-2-8-5-3-7(1)4-6-8/h7,10H,4-6H2,1-3H3;1-6H2. The zero-order valence-electron chi connectivity index (χ0n) is 16.7. The second kappa shape index (κ2) is 10.5. The number of piperazine rings is 3. The summed E-state index contributed by atoms with van der Waals surface area (Å²) in [7, 11) is 0. The van der Waals surface area contributed by atoms with E-state index in [-0.39, 0.29) is 12.3 Å². The molecule has 0 aromatic carbocycles. The van der Waals surface area contributed by atoms with E-state index in [0.717, 1.165) is 6.07 Å². The van der Waals surface area contributed by atoms with Crippen molar-refractivity contribution in [2.75, 3.05) is 59.0 Å². The monoisotopic (exact) mass is 401 g/mol. The summed E-state index contributed by atoms with van der Waals surface area (Å²) in [6.45, 7) is 13.8. The average Bonchev–Trinajstić information content (AvgIpc) is 3.17. The van der Waals surface area contributed by atoms with Crippen molar-refractivity contribution in [2.24, 2.45) is 0 Å². The molecule has 0 radical (unpaired) electrons. The summed E-state index contributed by atoms with van der Waals surface area (Å²) in [5.41, 5.74) is -0.924. The summed E-state index contributed by atoms with van der Waals surface area (Å²) in [4.78, 5) is 30.0. The van der Waals surface area contributed by atoms with Crippen molar-refractivity contribution in [3.63, 3.8) is 0 Å². The number of hydrogen-bond donors (Lipinski definition) is 0. The molecule has 0 spiro atoms. The first-order valence-corrected chi connectivity index (χ1v) is 9.70. The van der Waals surface area contributed by atoms with Crippen LogP contribution in [0.15, 0.2) is 6.07 Å². The summed E-state index contributed by atoms with van der Waals surface area (Å²) < 4.78 is 31.1. The van der Waals surface area contributed by atoms with Crippen LogP contribution in [0.1, 0.15) is 43.4 Å². The third-order valence-electron chi connectivity index (χ3n) is 4.86. The molecule has 1 amide bonds. The average molecular weight is 401 g/mol. The fourth-order valence-corrected chi connectivity index (χ4v) is 3.16. The molecule has 28 heavy (non-hydrogen) atoms. The molecule has 4 rings (SSSR count). The molecule has 0 N–H and O–H groups in total. The first-order chi connectivity index (χ1) is 13.4. The topological polar surface area (TPSA) is 70.9 Å². The van der Waals surface area contributed by atoms with Crippen LogP contribution in [0, 0.1) is 0 Å². The van der Waals surface area contributed by atoms with Crippen LogP contribution in [-0.2, 0) is 4.74 Å². The second-order valence-corrected chi connectivity index (χ2v) is 6.53. The molecule has 1 aromatic heterocycles. The van der Waals surface area contributed by atoms with Crippen molar-refractivity contribution in [2.45, 2.75) is 27.2 Å². The van der Waals surface area contributed by atoms with Crippen LogP contribution >= 0.6 is 0 Å². The lowest BCUT2D eigenvalue weighted by Gasteiger charge is -2.41. The zero-order valence-corrected chi connectivity index (χ0v) is 16.7. The van der Waals surface area contributed by atoms with Crippen molar-refractivity contribution in [1.29, 1.82) is 0 Å². The van der Waals surface area contributed by atoms with Gasteiger partial charge in [0.2, 0.25) is 0 Å². The van der Waals surface area contributed by atoms with Crippen LogP contribution in [0.4, 0.5) is 13.6 Å².